The molecule has 0 radical (unpaired) electrons. The van der Waals surface area contributed by atoms with Crippen LogP contribution in [0.15, 0.2) is 41.5 Å². The molecule has 4 saturated carbocycles. The topological polar surface area (TPSA) is 182 Å². The Bertz CT molecular complexity index is 1870. The van der Waals surface area contributed by atoms with Crippen molar-refractivity contribution in [3.63, 3.8) is 0 Å². The molecule has 7 atom stereocenters. The van der Waals surface area contributed by atoms with Gasteiger partial charge in [-0.25, -0.2) is 9.78 Å². The number of aliphatic imine (C=N–C) groups is 1. The number of rotatable bonds is 17. The van der Waals surface area contributed by atoms with Crippen LogP contribution < -0.4 is 10.6 Å². The number of aromatic nitrogens is 1. The highest BCUT2D eigenvalue weighted by atomic mass is 16.5. The summed E-state index contributed by atoms with van der Waals surface area (Å²) in [5, 5.41) is 39.6. The van der Waals surface area contributed by atoms with Gasteiger partial charge in [-0.2, -0.15) is 0 Å². The number of benzene rings is 1. The van der Waals surface area contributed by atoms with Crippen LogP contribution in [0.3, 0.4) is 0 Å². The third-order valence-electron chi connectivity index (χ3n) is 14.3. The van der Waals surface area contributed by atoms with Gasteiger partial charge in [-0.1, -0.05) is 32.0 Å². The standard InChI is InChI=1S/C42H57N5O7/c1-27(31(18-43)30-8-9-35(45-36(30)37(52)53)47-14-10-28-6-5-7-29(20-49)32(28)19-47)44-26-40-22-38(2)21-39(3)23-41(24-40,25-42(38,39)40)54-17-15-46(4)13-11-33(50)34(51)12-16-48/h5-9,18,20,33-34,48,50-51H,10-17,19,21-26,43H2,1-4H3,(H,52,53). The van der Waals surface area contributed by atoms with Gasteiger partial charge in [0.25, 0.3) is 0 Å². The molecule has 292 valence electrons. The molecule has 1 aliphatic heterocycles. The Labute approximate surface area is 318 Å². The van der Waals surface area contributed by atoms with Crippen LogP contribution in [-0.2, 0) is 17.7 Å². The summed E-state index contributed by atoms with van der Waals surface area (Å²) in [5.74, 6) is -0.604. The number of hydrogen-bond acceptors (Lipinski definition) is 11. The number of aldehydes is 1. The molecular weight excluding hydrogens is 686 g/mol. The normalized spacial score (nSPS) is 32.1. The fourth-order valence-electron chi connectivity index (χ4n) is 12.6. The maximum atomic E-state index is 12.7. The van der Waals surface area contributed by atoms with Crippen molar-refractivity contribution in [1.29, 1.82) is 0 Å². The molecule has 12 heteroatoms. The summed E-state index contributed by atoms with van der Waals surface area (Å²) in [6.45, 7) is 10.3. The van der Waals surface area contributed by atoms with Gasteiger partial charge in [0.15, 0.2) is 5.69 Å². The average molecular weight is 744 g/mol. The number of nitrogens with zero attached hydrogens (tertiary/aromatic N) is 4. The number of carbonyl (C=O) groups excluding carboxylic acids is 1. The van der Waals surface area contributed by atoms with Gasteiger partial charge in [0.1, 0.15) is 12.1 Å². The number of allylic oxidation sites excluding steroid dienone is 1. The third kappa shape index (κ3) is 6.00. The monoisotopic (exact) mass is 743 g/mol. The molecule has 1 spiro atoms. The Morgan fingerprint density at radius 2 is 1.83 bits per heavy atom. The lowest BCUT2D eigenvalue weighted by Gasteiger charge is -2.83. The number of aliphatic hydroxyl groups excluding tert-OH is 3. The van der Waals surface area contributed by atoms with E-state index in [2.05, 4.69) is 23.7 Å². The van der Waals surface area contributed by atoms with E-state index in [-0.39, 0.29) is 46.0 Å². The van der Waals surface area contributed by atoms with Crippen molar-refractivity contribution in [3.8, 4) is 0 Å². The average Bonchev–Trinajstić information content (AvgIpc) is 3.55. The Balaban J connectivity index is 1.05. The van der Waals surface area contributed by atoms with E-state index in [4.69, 9.17) is 20.6 Å². The second-order valence-corrected chi connectivity index (χ2v) is 17.6. The van der Waals surface area contributed by atoms with Gasteiger partial charge >= 0.3 is 5.97 Å². The first-order chi connectivity index (χ1) is 25.7. The minimum Gasteiger partial charge on any atom is -0.476 e. The fraction of sp³-hybridized carbons (Fsp3) is 0.619. The molecule has 6 N–H and O–H groups in total. The SMILES string of the molecule is CC(=NCC12CC3(OCCN(C)CCC(O)C(O)CCO)CC4(C)CC(C)(C1)C42C3)C(=CN)c1ccc(N2CCc3cccc(C=O)c3C2)nc1C(=O)O. The summed E-state index contributed by atoms with van der Waals surface area (Å²) in [4.78, 5) is 38.4. The fourth-order valence-corrected chi connectivity index (χ4v) is 12.6. The first-order valence-corrected chi connectivity index (χ1v) is 19.5. The second-order valence-electron chi connectivity index (χ2n) is 17.6. The number of pyridine rings is 1. The smallest absolute Gasteiger partial charge is 0.355 e. The molecule has 7 rings (SSSR count). The van der Waals surface area contributed by atoms with E-state index in [0.29, 0.717) is 74.0 Å². The summed E-state index contributed by atoms with van der Waals surface area (Å²) in [6, 6.07) is 9.34. The summed E-state index contributed by atoms with van der Waals surface area (Å²) < 4.78 is 6.87. The molecular formula is C42H57N5O7. The Kier molecular flexibility index (Phi) is 10.1. The molecule has 4 fully saturated rings. The first-order valence-electron chi connectivity index (χ1n) is 19.5. The number of aliphatic hydroxyl groups is 3. The first kappa shape index (κ1) is 38.6. The molecule has 54 heavy (non-hydrogen) atoms. The molecule has 2 heterocycles. The molecule has 4 aliphatic carbocycles. The lowest BCUT2D eigenvalue weighted by Crippen LogP contribution is -2.78. The van der Waals surface area contributed by atoms with Crippen molar-refractivity contribution < 1.29 is 34.8 Å². The van der Waals surface area contributed by atoms with Crippen molar-refractivity contribution in [2.24, 2.45) is 32.4 Å². The molecule has 1 aromatic heterocycles. The molecule has 1 aromatic carbocycles. The number of carboxylic acids is 1. The van der Waals surface area contributed by atoms with Crippen molar-refractivity contribution in [2.75, 3.05) is 51.3 Å². The molecule has 0 amide bonds. The number of nitrogens with two attached hydrogens (primary N) is 1. The molecule has 0 saturated heterocycles. The maximum Gasteiger partial charge on any atom is 0.355 e. The van der Waals surface area contributed by atoms with Gasteiger partial charge in [0.05, 0.1) is 24.4 Å². The summed E-state index contributed by atoms with van der Waals surface area (Å²) in [6.07, 6.45) is 7.14. The number of fused-ring (bicyclic) bond motifs is 2. The highest BCUT2D eigenvalue weighted by Crippen LogP contribution is 2.96. The number of anilines is 1. The number of aromatic carboxylic acids is 1. The zero-order valence-electron chi connectivity index (χ0n) is 32.2. The lowest BCUT2D eigenvalue weighted by atomic mass is 9.21. The Hall–Kier alpha value is -3.68. The molecule has 7 unspecified atom stereocenters. The quantitative estimate of drug-likeness (QED) is 0.116. The van der Waals surface area contributed by atoms with Crippen LogP contribution in [0.2, 0.25) is 0 Å². The molecule has 12 nitrogen and oxygen atoms in total. The van der Waals surface area contributed by atoms with E-state index in [9.17, 15) is 24.9 Å². The summed E-state index contributed by atoms with van der Waals surface area (Å²) in [7, 11) is 2.00. The van der Waals surface area contributed by atoms with Crippen molar-refractivity contribution in [3.05, 3.63) is 64.5 Å². The minimum absolute atomic E-state index is 0.00448. The van der Waals surface area contributed by atoms with Gasteiger partial charge in [0.2, 0.25) is 0 Å². The highest BCUT2D eigenvalue weighted by molar-refractivity contribution is 6.24. The number of carboxylic acid groups (broad SMARTS) is 1. The van der Waals surface area contributed by atoms with Crippen LogP contribution in [0.5, 0.6) is 0 Å². The Morgan fingerprint density at radius 3 is 2.54 bits per heavy atom. The predicted octanol–water partition coefficient (Wildman–Crippen LogP) is 4.09. The Morgan fingerprint density at radius 1 is 1.07 bits per heavy atom. The number of hydrogen-bond donors (Lipinski definition) is 5. The van der Waals surface area contributed by atoms with E-state index in [1.165, 1.54) is 12.6 Å². The van der Waals surface area contributed by atoms with Crippen LogP contribution in [0.25, 0.3) is 5.57 Å². The third-order valence-corrected chi connectivity index (χ3v) is 14.3. The van der Waals surface area contributed by atoms with Gasteiger partial charge in [-0.05, 0) is 110 Å². The lowest BCUT2D eigenvalue weighted by molar-refractivity contribution is -0.350. The van der Waals surface area contributed by atoms with Crippen molar-refractivity contribution in [1.82, 2.24) is 9.88 Å². The molecule has 2 bridgehead atoms. The van der Waals surface area contributed by atoms with Gasteiger partial charge < -0.3 is 40.7 Å². The van der Waals surface area contributed by atoms with E-state index >= 15 is 0 Å². The zero-order valence-corrected chi connectivity index (χ0v) is 32.2. The summed E-state index contributed by atoms with van der Waals surface area (Å²) in [5.41, 5.74) is 10.9. The minimum atomic E-state index is -1.14. The van der Waals surface area contributed by atoms with Gasteiger partial charge in [0, 0.05) is 67.9 Å². The largest absolute Gasteiger partial charge is 0.476 e. The second kappa shape index (κ2) is 14.1. The van der Waals surface area contributed by atoms with Crippen LogP contribution in [0, 0.1) is 21.7 Å². The van der Waals surface area contributed by atoms with E-state index in [1.54, 1.807) is 12.1 Å². The van der Waals surface area contributed by atoms with Crippen molar-refractivity contribution in [2.45, 2.75) is 96.5 Å². The van der Waals surface area contributed by atoms with Crippen LogP contribution >= 0.6 is 0 Å². The number of ether oxygens (including phenoxy) is 1. The van der Waals surface area contributed by atoms with Crippen molar-refractivity contribution >= 4 is 29.4 Å². The zero-order chi connectivity index (χ0) is 38.7. The number of carbonyl (C=O) groups is 2. The van der Waals surface area contributed by atoms with Crippen LogP contribution in [0.4, 0.5) is 5.82 Å². The van der Waals surface area contributed by atoms with Gasteiger partial charge in [-0.3, -0.25) is 9.79 Å². The van der Waals surface area contributed by atoms with E-state index in [1.807, 2.05) is 37.1 Å². The highest BCUT2D eigenvalue weighted by Gasteiger charge is 2.92. The van der Waals surface area contributed by atoms with E-state index < -0.39 is 18.2 Å². The predicted molar refractivity (Wildman–Crippen MR) is 207 cm³/mol. The van der Waals surface area contributed by atoms with E-state index in [0.717, 1.165) is 49.5 Å². The van der Waals surface area contributed by atoms with Gasteiger partial charge in [-0.15, -0.1) is 0 Å². The van der Waals surface area contributed by atoms with Crippen LogP contribution in [-0.4, -0.2) is 113 Å². The summed E-state index contributed by atoms with van der Waals surface area (Å²) >= 11 is 0. The van der Waals surface area contributed by atoms with Crippen LogP contribution in [0.1, 0.15) is 103 Å². The molecule has 2 aromatic rings. The number of likely N-dealkylation sites (N-methyl/N-ethyl adjacent to an activating group) is 1. The molecule has 5 aliphatic rings. The maximum absolute atomic E-state index is 12.7.